The number of ether oxygens (including phenoxy) is 1. The van der Waals surface area contributed by atoms with Crippen LogP contribution in [0.5, 0.6) is 0 Å². The molecule has 2 amide bonds. The van der Waals surface area contributed by atoms with Gasteiger partial charge in [-0.25, -0.2) is 4.79 Å². The number of carbonyl (C=O) groups excluding carboxylic acids is 2. The van der Waals surface area contributed by atoms with Gasteiger partial charge in [-0.1, -0.05) is 18.2 Å². The molecule has 0 aromatic heterocycles. The van der Waals surface area contributed by atoms with E-state index < -0.39 is 5.60 Å². The van der Waals surface area contributed by atoms with Gasteiger partial charge in [0.25, 0.3) is 0 Å². The minimum atomic E-state index is -0.497. The van der Waals surface area contributed by atoms with Crippen molar-refractivity contribution in [2.75, 3.05) is 11.4 Å². The van der Waals surface area contributed by atoms with Gasteiger partial charge in [-0.2, -0.15) is 0 Å². The second-order valence-electron chi connectivity index (χ2n) is 7.41. The predicted octanol–water partition coefficient (Wildman–Crippen LogP) is 4.08. The number of hydrogen-bond acceptors (Lipinski definition) is 3. The molecule has 25 heavy (non-hydrogen) atoms. The van der Waals surface area contributed by atoms with Gasteiger partial charge in [0, 0.05) is 18.3 Å². The quantitative estimate of drug-likeness (QED) is 0.894. The molecule has 5 heteroatoms. The first-order chi connectivity index (χ1) is 11.8. The third kappa shape index (κ3) is 5.76. The molecule has 0 aliphatic heterocycles. The lowest BCUT2D eigenvalue weighted by Gasteiger charge is -2.32. The van der Waals surface area contributed by atoms with Gasteiger partial charge >= 0.3 is 6.09 Å². The SMILES string of the molecule is CCN(C(=O)[C]1CCC(NC(=O)OC(C)(C)C)CC1)c1ccccc1. The van der Waals surface area contributed by atoms with Crippen molar-refractivity contribution < 1.29 is 14.3 Å². The van der Waals surface area contributed by atoms with Crippen LogP contribution < -0.4 is 10.2 Å². The molecular formula is C20H29N2O3. The number of hydrogen-bond donors (Lipinski definition) is 1. The van der Waals surface area contributed by atoms with Crippen molar-refractivity contribution in [2.45, 2.75) is 65.0 Å². The van der Waals surface area contributed by atoms with E-state index in [0.29, 0.717) is 19.4 Å². The Kier molecular flexibility index (Phi) is 6.45. The van der Waals surface area contributed by atoms with Crippen LogP contribution in [-0.4, -0.2) is 30.2 Å². The van der Waals surface area contributed by atoms with Crippen molar-refractivity contribution in [3.05, 3.63) is 36.2 Å². The molecule has 5 nitrogen and oxygen atoms in total. The molecule has 1 aromatic rings. The van der Waals surface area contributed by atoms with Crippen LogP contribution in [0.2, 0.25) is 0 Å². The highest BCUT2D eigenvalue weighted by Crippen LogP contribution is 2.29. The van der Waals surface area contributed by atoms with E-state index in [-0.39, 0.29) is 18.0 Å². The monoisotopic (exact) mass is 345 g/mol. The second kappa shape index (κ2) is 8.37. The van der Waals surface area contributed by atoms with Crippen LogP contribution in [0, 0.1) is 5.92 Å². The molecule has 0 atom stereocenters. The van der Waals surface area contributed by atoms with Gasteiger partial charge in [-0.05, 0) is 65.5 Å². The number of rotatable bonds is 4. The second-order valence-corrected chi connectivity index (χ2v) is 7.41. The zero-order valence-corrected chi connectivity index (χ0v) is 15.7. The molecular weight excluding hydrogens is 316 g/mol. The molecule has 0 bridgehead atoms. The maximum Gasteiger partial charge on any atom is 0.407 e. The summed E-state index contributed by atoms with van der Waals surface area (Å²) in [5.74, 6) is 1.04. The third-order valence-electron chi connectivity index (χ3n) is 4.24. The summed E-state index contributed by atoms with van der Waals surface area (Å²) >= 11 is 0. The number of nitrogens with zero attached hydrogens (tertiary/aromatic N) is 1. The summed E-state index contributed by atoms with van der Waals surface area (Å²) in [6.07, 6.45) is 2.58. The molecule has 0 spiro atoms. The maximum absolute atomic E-state index is 12.8. The van der Waals surface area contributed by atoms with Crippen molar-refractivity contribution in [1.29, 1.82) is 0 Å². The summed E-state index contributed by atoms with van der Waals surface area (Å²) in [4.78, 5) is 26.5. The number of amides is 2. The largest absolute Gasteiger partial charge is 0.444 e. The first kappa shape index (κ1) is 19.3. The standard InChI is InChI=1S/C20H29N2O3/c1-5-22(17-9-7-6-8-10-17)18(23)15-11-13-16(14-12-15)21-19(24)25-20(2,3)4/h6-10,16H,5,11-14H2,1-4H3,(H,21,24). The molecule has 1 fully saturated rings. The van der Waals surface area contributed by atoms with Gasteiger partial charge in [0.2, 0.25) is 5.91 Å². The Morgan fingerprint density at radius 1 is 1.16 bits per heavy atom. The Balaban J connectivity index is 1.86. The number of nitrogens with one attached hydrogen (secondary N) is 1. The highest BCUT2D eigenvalue weighted by atomic mass is 16.6. The summed E-state index contributed by atoms with van der Waals surface area (Å²) in [6.45, 7) is 8.18. The van der Waals surface area contributed by atoms with Gasteiger partial charge in [-0.3, -0.25) is 4.79 Å². The lowest BCUT2D eigenvalue weighted by Crippen LogP contribution is -2.43. The summed E-state index contributed by atoms with van der Waals surface area (Å²) in [5.41, 5.74) is 0.431. The van der Waals surface area contributed by atoms with Crippen LogP contribution in [0.4, 0.5) is 10.5 Å². The van der Waals surface area contributed by atoms with E-state index in [9.17, 15) is 9.59 Å². The van der Waals surface area contributed by atoms with Gasteiger partial charge < -0.3 is 15.0 Å². The van der Waals surface area contributed by atoms with Gasteiger partial charge in [0.15, 0.2) is 0 Å². The number of benzene rings is 1. The fourth-order valence-corrected chi connectivity index (χ4v) is 3.04. The molecule has 1 aliphatic carbocycles. The van der Waals surface area contributed by atoms with Crippen LogP contribution >= 0.6 is 0 Å². The summed E-state index contributed by atoms with van der Waals surface area (Å²) in [6, 6.07) is 9.81. The van der Waals surface area contributed by atoms with Crippen LogP contribution in [0.25, 0.3) is 0 Å². The summed E-state index contributed by atoms with van der Waals surface area (Å²) in [7, 11) is 0. The van der Waals surface area contributed by atoms with Crippen molar-refractivity contribution >= 4 is 17.7 Å². The van der Waals surface area contributed by atoms with Crippen molar-refractivity contribution in [3.8, 4) is 0 Å². The summed E-state index contributed by atoms with van der Waals surface area (Å²) in [5, 5.41) is 2.91. The number of para-hydroxylation sites is 1. The number of anilines is 1. The van der Waals surface area contributed by atoms with Crippen LogP contribution in [0.15, 0.2) is 30.3 Å². The topological polar surface area (TPSA) is 58.6 Å². The molecule has 1 aromatic carbocycles. The van der Waals surface area contributed by atoms with Gasteiger partial charge in [-0.15, -0.1) is 0 Å². The molecule has 2 rings (SSSR count). The summed E-state index contributed by atoms with van der Waals surface area (Å²) < 4.78 is 5.30. The average molecular weight is 345 g/mol. The highest BCUT2D eigenvalue weighted by Gasteiger charge is 2.31. The van der Waals surface area contributed by atoms with Crippen LogP contribution in [0.3, 0.4) is 0 Å². The zero-order valence-electron chi connectivity index (χ0n) is 15.7. The smallest absolute Gasteiger partial charge is 0.407 e. The lowest BCUT2D eigenvalue weighted by atomic mass is 9.85. The zero-order chi connectivity index (χ0) is 18.4. The number of carbonyl (C=O) groups is 2. The van der Waals surface area contributed by atoms with Gasteiger partial charge in [0.1, 0.15) is 5.60 Å². The highest BCUT2D eigenvalue weighted by molar-refractivity contribution is 6.03. The molecule has 1 N–H and O–H groups in total. The van der Waals surface area contributed by atoms with E-state index in [1.807, 2.05) is 62.9 Å². The molecule has 1 saturated carbocycles. The normalized spacial score (nSPS) is 16.3. The molecule has 0 saturated heterocycles. The van der Waals surface area contributed by atoms with Gasteiger partial charge in [0.05, 0.1) is 5.92 Å². The van der Waals surface area contributed by atoms with Crippen molar-refractivity contribution in [1.82, 2.24) is 5.32 Å². The van der Waals surface area contributed by atoms with E-state index in [0.717, 1.165) is 24.4 Å². The Bertz CT molecular complexity index is 572. The minimum Gasteiger partial charge on any atom is -0.444 e. The van der Waals surface area contributed by atoms with E-state index in [1.54, 1.807) is 0 Å². The predicted molar refractivity (Wildman–Crippen MR) is 99.3 cm³/mol. The van der Waals surface area contributed by atoms with E-state index in [4.69, 9.17) is 4.74 Å². The van der Waals surface area contributed by atoms with E-state index >= 15 is 0 Å². The Morgan fingerprint density at radius 3 is 2.28 bits per heavy atom. The fraction of sp³-hybridized carbons (Fsp3) is 0.550. The Hall–Kier alpha value is -2.04. The Morgan fingerprint density at radius 2 is 1.76 bits per heavy atom. The maximum atomic E-state index is 12.8. The molecule has 1 radical (unpaired) electrons. The van der Waals surface area contributed by atoms with Crippen LogP contribution in [-0.2, 0) is 9.53 Å². The van der Waals surface area contributed by atoms with Crippen LogP contribution in [0.1, 0.15) is 53.4 Å². The first-order valence-corrected chi connectivity index (χ1v) is 9.01. The molecule has 137 valence electrons. The first-order valence-electron chi connectivity index (χ1n) is 9.01. The molecule has 1 aliphatic rings. The molecule has 0 unspecified atom stereocenters. The Labute approximate surface area is 150 Å². The lowest BCUT2D eigenvalue weighted by molar-refractivity contribution is -0.117. The minimum absolute atomic E-state index is 0.0678. The van der Waals surface area contributed by atoms with Crippen molar-refractivity contribution in [2.24, 2.45) is 0 Å². The van der Waals surface area contributed by atoms with E-state index in [2.05, 4.69) is 5.32 Å². The van der Waals surface area contributed by atoms with E-state index in [1.165, 1.54) is 0 Å². The average Bonchev–Trinajstić information content (AvgIpc) is 2.55. The molecule has 0 heterocycles. The number of alkyl carbamates (subject to hydrolysis) is 1. The van der Waals surface area contributed by atoms with Crippen molar-refractivity contribution in [3.63, 3.8) is 0 Å². The third-order valence-corrected chi connectivity index (χ3v) is 4.24. The fourth-order valence-electron chi connectivity index (χ4n) is 3.04.